The number of aromatic nitrogens is 1. The summed E-state index contributed by atoms with van der Waals surface area (Å²) in [5, 5.41) is 6.66. The molecule has 1 saturated heterocycles. The predicted molar refractivity (Wildman–Crippen MR) is 99.0 cm³/mol. The largest absolute Gasteiger partial charge is 0.380 e. The van der Waals surface area contributed by atoms with Crippen molar-refractivity contribution >= 4 is 17.4 Å². The molecule has 0 saturated carbocycles. The van der Waals surface area contributed by atoms with Gasteiger partial charge in [0.25, 0.3) is 5.91 Å². The van der Waals surface area contributed by atoms with E-state index >= 15 is 0 Å². The van der Waals surface area contributed by atoms with Crippen LogP contribution >= 0.6 is 0 Å². The lowest BCUT2D eigenvalue weighted by atomic mass is 10.2. The number of benzene rings is 1. The van der Waals surface area contributed by atoms with Crippen LogP contribution in [0.2, 0.25) is 0 Å². The summed E-state index contributed by atoms with van der Waals surface area (Å²) < 4.78 is 0. The highest BCUT2D eigenvalue weighted by molar-refractivity contribution is 5.93. The minimum atomic E-state index is 0.0227. The summed E-state index contributed by atoms with van der Waals surface area (Å²) in [6.07, 6.45) is 0. The summed E-state index contributed by atoms with van der Waals surface area (Å²) >= 11 is 0. The van der Waals surface area contributed by atoms with E-state index in [2.05, 4.69) is 39.8 Å². The highest BCUT2D eigenvalue weighted by atomic mass is 16.2. The number of amides is 1. The molecule has 3 heterocycles. The van der Waals surface area contributed by atoms with E-state index in [4.69, 9.17) is 4.98 Å². The zero-order chi connectivity index (χ0) is 17.1. The van der Waals surface area contributed by atoms with Crippen molar-refractivity contribution in [3.05, 3.63) is 53.7 Å². The van der Waals surface area contributed by atoms with Gasteiger partial charge in [-0.05, 0) is 17.7 Å². The van der Waals surface area contributed by atoms with E-state index in [1.807, 2.05) is 23.1 Å². The summed E-state index contributed by atoms with van der Waals surface area (Å²) in [5.41, 5.74) is 2.78. The van der Waals surface area contributed by atoms with Crippen molar-refractivity contribution in [1.82, 2.24) is 15.2 Å². The van der Waals surface area contributed by atoms with Gasteiger partial charge in [0.05, 0.1) is 5.69 Å². The normalized spacial score (nSPS) is 17.0. The van der Waals surface area contributed by atoms with Gasteiger partial charge in [0.2, 0.25) is 0 Å². The van der Waals surface area contributed by atoms with Gasteiger partial charge in [-0.15, -0.1) is 0 Å². The average Bonchev–Trinajstić information content (AvgIpc) is 2.69. The highest BCUT2D eigenvalue weighted by Gasteiger charge is 2.23. The van der Waals surface area contributed by atoms with Gasteiger partial charge in [-0.1, -0.05) is 30.3 Å². The number of nitrogens with zero attached hydrogens (tertiary/aromatic N) is 3. The third-order valence-corrected chi connectivity index (χ3v) is 4.71. The number of rotatable bonds is 3. The number of fused-ring (bicyclic) bond motifs is 1. The van der Waals surface area contributed by atoms with Crippen LogP contribution < -0.4 is 15.5 Å². The molecule has 2 aromatic rings. The monoisotopic (exact) mass is 337 g/mol. The first-order valence-corrected chi connectivity index (χ1v) is 8.85. The van der Waals surface area contributed by atoms with E-state index in [9.17, 15) is 4.79 Å². The van der Waals surface area contributed by atoms with Crippen molar-refractivity contribution in [2.75, 3.05) is 49.5 Å². The van der Waals surface area contributed by atoms with Crippen LogP contribution in [0.15, 0.2) is 42.5 Å². The van der Waals surface area contributed by atoms with Gasteiger partial charge >= 0.3 is 0 Å². The molecule has 2 N–H and O–H groups in total. The minimum absolute atomic E-state index is 0.0227. The molecular weight excluding hydrogens is 314 g/mol. The Morgan fingerprint density at radius 2 is 1.80 bits per heavy atom. The van der Waals surface area contributed by atoms with E-state index in [1.165, 1.54) is 5.56 Å². The van der Waals surface area contributed by atoms with Gasteiger partial charge < -0.3 is 20.4 Å². The molecule has 0 aliphatic carbocycles. The maximum absolute atomic E-state index is 12.7. The molecule has 6 nitrogen and oxygen atoms in total. The molecule has 2 aliphatic rings. The van der Waals surface area contributed by atoms with Crippen LogP contribution in [-0.2, 0) is 6.54 Å². The van der Waals surface area contributed by atoms with Crippen LogP contribution in [-0.4, -0.2) is 55.1 Å². The maximum atomic E-state index is 12.7. The Labute approximate surface area is 147 Å². The molecule has 1 aromatic heterocycles. The van der Waals surface area contributed by atoms with E-state index < -0.39 is 0 Å². The Balaban J connectivity index is 1.58. The maximum Gasteiger partial charge on any atom is 0.272 e. The zero-order valence-electron chi connectivity index (χ0n) is 14.2. The second kappa shape index (κ2) is 7.11. The highest BCUT2D eigenvalue weighted by Crippen LogP contribution is 2.28. The Kier molecular flexibility index (Phi) is 4.52. The van der Waals surface area contributed by atoms with Crippen LogP contribution in [0.5, 0.6) is 0 Å². The van der Waals surface area contributed by atoms with Gasteiger partial charge in [-0.25, -0.2) is 4.98 Å². The number of carbonyl (C=O) groups is 1. The van der Waals surface area contributed by atoms with Gasteiger partial charge in [0, 0.05) is 45.8 Å². The van der Waals surface area contributed by atoms with Crippen molar-refractivity contribution in [1.29, 1.82) is 0 Å². The second-order valence-electron chi connectivity index (χ2n) is 6.44. The van der Waals surface area contributed by atoms with E-state index in [-0.39, 0.29) is 5.91 Å². The van der Waals surface area contributed by atoms with Crippen molar-refractivity contribution in [2.45, 2.75) is 6.54 Å². The van der Waals surface area contributed by atoms with Crippen LogP contribution in [0, 0.1) is 0 Å². The topological polar surface area (TPSA) is 60.5 Å². The number of pyridine rings is 1. The summed E-state index contributed by atoms with van der Waals surface area (Å²) in [6.45, 7) is 5.73. The number of carbonyl (C=O) groups excluding carboxylic acids is 1. The smallest absolute Gasteiger partial charge is 0.272 e. The Morgan fingerprint density at radius 3 is 2.60 bits per heavy atom. The fourth-order valence-electron chi connectivity index (χ4n) is 3.37. The first-order valence-electron chi connectivity index (χ1n) is 8.85. The quantitative estimate of drug-likeness (QED) is 0.890. The summed E-state index contributed by atoms with van der Waals surface area (Å²) in [4.78, 5) is 21.6. The summed E-state index contributed by atoms with van der Waals surface area (Å²) in [5.74, 6) is 0.894. The van der Waals surface area contributed by atoms with Crippen molar-refractivity contribution < 1.29 is 4.79 Å². The molecule has 1 aromatic carbocycles. The van der Waals surface area contributed by atoms with Crippen molar-refractivity contribution in [3.8, 4) is 0 Å². The fraction of sp³-hybridized carbons (Fsp3) is 0.368. The molecule has 0 spiro atoms. The van der Waals surface area contributed by atoms with Crippen LogP contribution in [0.3, 0.4) is 0 Å². The molecule has 0 bridgehead atoms. The molecule has 130 valence electrons. The molecule has 0 atom stereocenters. The number of anilines is 2. The standard InChI is InChI=1S/C19H23N5O/c25-19(23-11-8-20-9-12-23)17-7-6-16-18(22-17)24(13-10-21-16)14-15-4-2-1-3-5-15/h1-7,20-21H,8-14H2. The molecule has 1 amide bonds. The number of hydrogen-bond acceptors (Lipinski definition) is 5. The number of piperazine rings is 1. The lowest BCUT2D eigenvalue weighted by Gasteiger charge is -2.32. The van der Waals surface area contributed by atoms with Crippen LogP contribution in [0.25, 0.3) is 0 Å². The van der Waals surface area contributed by atoms with Gasteiger partial charge in [0.15, 0.2) is 5.82 Å². The van der Waals surface area contributed by atoms with Crippen molar-refractivity contribution in [2.24, 2.45) is 0 Å². The molecule has 4 rings (SSSR count). The molecular formula is C19H23N5O. The number of nitrogens with one attached hydrogen (secondary N) is 2. The zero-order valence-corrected chi connectivity index (χ0v) is 14.2. The summed E-state index contributed by atoms with van der Waals surface area (Å²) in [7, 11) is 0. The third kappa shape index (κ3) is 3.44. The first-order chi connectivity index (χ1) is 12.3. The summed E-state index contributed by atoms with van der Waals surface area (Å²) in [6, 6.07) is 14.2. The SMILES string of the molecule is O=C(c1ccc2c(n1)N(Cc1ccccc1)CCN2)N1CCNCC1. The molecule has 0 radical (unpaired) electrons. The second-order valence-corrected chi connectivity index (χ2v) is 6.44. The molecule has 25 heavy (non-hydrogen) atoms. The lowest BCUT2D eigenvalue weighted by molar-refractivity contribution is 0.0730. The van der Waals surface area contributed by atoms with E-state index in [0.29, 0.717) is 5.69 Å². The molecule has 1 fully saturated rings. The third-order valence-electron chi connectivity index (χ3n) is 4.71. The minimum Gasteiger partial charge on any atom is -0.380 e. The fourth-order valence-corrected chi connectivity index (χ4v) is 3.37. The average molecular weight is 337 g/mol. The Morgan fingerprint density at radius 1 is 1.00 bits per heavy atom. The van der Waals surface area contributed by atoms with Gasteiger partial charge in [0.1, 0.15) is 5.69 Å². The van der Waals surface area contributed by atoms with Crippen LogP contribution in [0.1, 0.15) is 16.1 Å². The number of hydrogen-bond donors (Lipinski definition) is 2. The first kappa shape index (κ1) is 15.9. The predicted octanol–water partition coefficient (Wildman–Crippen LogP) is 1.56. The van der Waals surface area contributed by atoms with Crippen LogP contribution in [0.4, 0.5) is 11.5 Å². The van der Waals surface area contributed by atoms with E-state index in [1.54, 1.807) is 0 Å². The van der Waals surface area contributed by atoms with Gasteiger partial charge in [-0.3, -0.25) is 4.79 Å². The Hall–Kier alpha value is -2.60. The lowest BCUT2D eigenvalue weighted by Crippen LogP contribution is -2.46. The molecule has 2 aliphatic heterocycles. The molecule has 6 heteroatoms. The van der Waals surface area contributed by atoms with Gasteiger partial charge in [-0.2, -0.15) is 0 Å². The van der Waals surface area contributed by atoms with E-state index in [0.717, 1.165) is 57.3 Å². The Bertz CT molecular complexity index is 743. The molecule has 0 unspecified atom stereocenters. The van der Waals surface area contributed by atoms with Crippen molar-refractivity contribution in [3.63, 3.8) is 0 Å².